The van der Waals surface area contributed by atoms with Crippen molar-refractivity contribution in [3.05, 3.63) is 179 Å². The molecule has 0 radical (unpaired) electrons. The molecular weight excluding hydrogens is 925 g/mol. The summed E-state index contributed by atoms with van der Waals surface area (Å²) in [5.74, 6) is -0.525. The SMILES string of the molecule is [2H]C(O)(CNC)c1cccc(O)c1.[2H]C([2H])(NC)[C@@]([2H])(O)c1cccc(O)c1.[2H]C([2H])(NC)[C@]([2H])(O)c1cccc(O)c1.[2H]C([2H])([2H])NC([2H])([2H])[C@@H](O)c1cccc(O)c1.[2H]C([2H])([2H])NC([2H])([2H])[C@@]([2H])(O)c1cccc(O)c1.[2H][C@](O)(CNC)c1cccc(O)c1. The lowest BCUT2D eigenvalue weighted by molar-refractivity contribution is 0.177. The molecule has 0 amide bonds. The second-order valence-electron chi connectivity index (χ2n) is 14.0. The van der Waals surface area contributed by atoms with E-state index in [9.17, 15) is 51.1 Å². The maximum atomic E-state index is 9.87. The van der Waals surface area contributed by atoms with E-state index in [1.165, 1.54) is 117 Å². The highest BCUT2D eigenvalue weighted by molar-refractivity contribution is 5.32. The van der Waals surface area contributed by atoms with Gasteiger partial charge in [0.05, 0.1) is 43.4 Å². The largest absolute Gasteiger partial charge is 0.508 e. The van der Waals surface area contributed by atoms with Crippen LogP contribution >= 0.6 is 0 Å². The minimum atomic E-state index is -2.92. The molecule has 0 saturated carbocycles. The fourth-order valence-corrected chi connectivity index (χ4v) is 5.23. The van der Waals surface area contributed by atoms with Gasteiger partial charge < -0.3 is 93.2 Å². The molecule has 0 aromatic heterocycles. The number of likely N-dealkylation sites (N-methyl/N-ethyl adjacent to an activating group) is 6. The Balaban J connectivity index is 0.000000548. The molecule has 6 aromatic rings. The first kappa shape index (κ1) is 38.3. The minimum absolute atomic E-state index is 0.0122. The molecule has 18 N–H and O–H groups in total. The second-order valence-corrected chi connectivity index (χ2v) is 14.0. The van der Waals surface area contributed by atoms with Crippen LogP contribution < -0.4 is 31.9 Å². The van der Waals surface area contributed by atoms with Crippen molar-refractivity contribution in [1.82, 2.24) is 31.9 Å². The van der Waals surface area contributed by atoms with E-state index in [0.717, 1.165) is 18.2 Å². The van der Waals surface area contributed by atoms with Crippen LogP contribution in [0, 0.1) is 0 Å². The van der Waals surface area contributed by atoms with Crippen LogP contribution in [0.4, 0.5) is 0 Å². The molecule has 18 heteroatoms. The first-order valence-electron chi connectivity index (χ1n) is 30.6. The topological polar surface area (TPSA) is 315 Å². The number of rotatable bonds is 18. The number of benzene rings is 6. The maximum Gasteiger partial charge on any atom is 0.115 e. The maximum absolute atomic E-state index is 9.87. The molecule has 6 rings (SSSR count). The van der Waals surface area contributed by atoms with Gasteiger partial charge in [-0.2, -0.15) is 0 Å². The third-order valence-electron chi connectivity index (χ3n) is 8.47. The summed E-state index contributed by atoms with van der Waals surface area (Å²) in [5.41, 5.74) is 0.559. The number of nitrogens with one attached hydrogen (secondary N) is 6. The van der Waals surface area contributed by atoms with Gasteiger partial charge in [0.25, 0.3) is 0 Å². The molecule has 0 aliphatic rings. The molecule has 0 aliphatic heterocycles. The summed E-state index contributed by atoms with van der Waals surface area (Å²) in [7, 11) is 5.93. The van der Waals surface area contributed by atoms with E-state index in [2.05, 4.69) is 21.3 Å². The quantitative estimate of drug-likeness (QED) is 0.0581. The van der Waals surface area contributed by atoms with Crippen molar-refractivity contribution in [2.24, 2.45) is 0 Å². The molecule has 0 bridgehead atoms. The molecule has 0 heterocycles. The zero-order chi connectivity index (χ0) is 70.6. The van der Waals surface area contributed by atoms with Crippen molar-refractivity contribution in [3.63, 3.8) is 0 Å². The highest BCUT2D eigenvalue weighted by Gasteiger charge is 2.10. The van der Waals surface area contributed by atoms with Crippen LogP contribution in [-0.2, 0) is 0 Å². The summed E-state index contributed by atoms with van der Waals surface area (Å²) in [5, 5.41) is 126. The Morgan fingerprint density at radius 2 is 0.583 bits per heavy atom. The Morgan fingerprint density at radius 3 is 0.833 bits per heavy atom. The Morgan fingerprint density at radius 1 is 0.347 bits per heavy atom. The van der Waals surface area contributed by atoms with E-state index in [0.29, 0.717) is 11.1 Å². The van der Waals surface area contributed by atoms with Crippen molar-refractivity contribution in [3.8, 4) is 34.5 Å². The van der Waals surface area contributed by atoms with E-state index in [-0.39, 0.29) is 69.8 Å². The summed E-state index contributed by atoms with van der Waals surface area (Å²) >= 11 is 0. The van der Waals surface area contributed by atoms with Crippen LogP contribution in [0.1, 0.15) is 95.9 Å². The first-order valence-corrected chi connectivity index (χ1v) is 21.1. The average molecular weight is 1020 g/mol. The van der Waals surface area contributed by atoms with Gasteiger partial charge in [-0.15, -0.1) is 0 Å². The van der Waals surface area contributed by atoms with Crippen LogP contribution in [-0.4, -0.2) is 142 Å². The van der Waals surface area contributed by atoms with Gasteiger partial charge in [-0.25, -0.2) is 0 Å². The number of aliphatic hydroxyl groups excluding tert-OH is 1. The molecule has 1 unspecified atom stereocenters. The van der Waals surface area contributed by atoms with Crippen LogP contribution in [0.25, 0.3) is 0 Å². The molecule has 18 nitrogen and oxygen atoms in total. The van der Waals surface area contributed by atoms with Gasteiger partial charge in [0.15, 0.2) is 0 Å². The zero-order valence-electron chi connectivity index (χ0n) is 58.7. The van der Waals surface area contributed by atoms with Crippen molar-refractivity contribution in [2.75, 3.05) is 81.2 Å². The molecule has 6 aromatic carbocycles. The number of phenolic OH excluding ortho intramolecular Hbond substituents is 6. The fourth-order valence-electron chi connectivity index (χ4n) is 5.23. The lowest BCUT2D eigenvalue weighted by Crippen LogP contribution is -2.16. The molecular formula is C54H78N6O12. The highest BCUT2D eigenvalue weighted by Crippen LogP contribution is 2.21. The van der Waals surface area contributed by atoms with Gasteiger partial charge in [-0.1, -0.05) is 72.8 Å². The predicted octanol–water partition coefficient (Wildman–Crippen LogP) is 3.87. The third-order valence-corrected chi connectivity index (χ3v) is 8.47. The normalized spacial score (nSPS) is 20.1. The van der Waals surface area contributed by atoms with E-state index in [4.69, 9.17) is 36.3 Å². The van der Waals surface area contributed by atoms with Crippen LogP contribution in [0.5, 0.6) is 34.5 Å². The molecule has 72 heavy (non-hydrogen) atoms. The second kappa shape index (κ2) is 37.4. The summed E-state index contributed by atoms with van der Waals surface area (Å²) in [4.78, 5) is 0. The smallest absolute Gasteiger partial charge is 0.115 e. The lowest BCUT2D eigenvalue weighted by atomic mass is 10.1. The molecule has 0 spiro atoms. The number of hydrogen-bond donors (Lipinski definition) is 18. The van der Waals surface area contributed by atoms with Gasteiger partial charge in [0.1, 0.15) is 34.5 Å². The van der Waals surface area contributed by atoms with Crippen LogP contribution in [0.2, 0.25) is 0 Å². The Hall–Kier alpha value is -6.36. The monoisotopic (exact) mass is 1020 g/mol. The van der Waals surface area contributed by atoms with Crippen molar-refractivity contribution in [2.45, 2.75) is 36.5 Å². The van der Waals surface area contributed by atoms with Gasteiger partial charge in [0.2, 0.25) is 0 Å². The predicted molar refractivity (Wildman–Crippen MR) is 282 cm³/mol. The number of phenols is 6. The Labute approximate surface area is 450 Å². The van der Waals surface area contributed by atoms with E-state index < -0.39 is 76.4 Å². The van der Waals surface area contributed by atoms with E-state index >= 15 is 0 Å². The standard InChI is InChI=1S/6C9H13NO2/c6*1-10-6-9(12)7-3-2-4-8(11)5-7/h6*2-5,9-12H,6H2,1H3/t5*9-;/m11100./s1/i1D3,6D2,9D;6D2,9D;1D3,6D2;6D2,9D;2*9D. The molecule has 396 valence electrons. The number of hydrogen-bond acceptors (Lipinski definition) is 18. The van der Waals surface area contributed by atoms with Gasteiger partial charge in [0, 0.05) is 58.3 Å². The Bertz CT molecular complexity index is 3060. The van der Waals surface area contributed by atoms with E-state index in [1.54, 1.807) is 49.0 Å². The summed E-state index contributed by atoms with van der Waals surface area (Å²) < 4.78 is 139. The molecule has 0 fully saturated rings. The minimum Gasteiger partial charge on any atom is -0.508 e. The van der Waals surface area contributed by atoms with Gasteiger partial charge in [-0.3, -0.25) is 0 Å². The first-order chi connectivity index (χ1) is 41.3. The van der Waals surface area contributed by atoms with E-state index in [1.807, 2.05) is 0 Å². The molecule has 0 saturated heterocycles. The van der Waals surface area contributed by atoms with Crippen LogP contribution in [0.15, 0.2) is 146 Å². The number of aliphatic hydroxyl groups is 6. The summed E-state index contributed by atoms with van der Waals surface area (Å²) in [6.07, 6.45) is -12.8. The zero-order valence-corrected chi connectivity index (χ0v) is 39.7. The summed E-state index contributed by atoms with van der Waals surface area (Å²) in [6.45, 7) is -15.4. The number of aromatic hydroxyl groups is 6. The Kier molecular flexibility index (Phi) is 19.9. The fraction of sp³-hybridized carbons (Fsp3) is 0.333. The average Bonchev–Trinajstić information content (AvgIpc) is 0.847. The molecule has 6 atom stereocenters. The third kappa shape index (κ3) is 27.3. The van der Waals surface area contributed by atoms with Crippen molar-refractivity contribution in [1.29, 1.82) is 0 Å². The van der Waals surface area contributed by atoms with Crippen molar-refractivity contribution >= 4 is 0 Å². The summed E-state index contributed by atoms with van der Waals surface area (Å²) in [6, 6.07) is 33.0. The van der Waals surface area contributed by atoms with Crippen molar-refractivity contribution < 1.29 is 87.3 Å². The lowest BCUT2D eigenvalue weighted by Gasteiger charge is -2.09. The highest BCUT2D eigenvalue weighted by atomic mass is 16.3. The van der Waals surface area contributed by atoms with Gasteiger partial charge >= 0.3 is 0 Å². The molecule has 0 aliphatic carbocycles. The van der Waals surface area contributed by atoms with Crippen LogP contribution in [0.3, 0.4) is 0 Å². The van der Waals surface area contributed by atoms with Gasteiger partial charge in [-0.05, 0) is 148 Å².